The largest absolute Gasteiger partial charge is 0.355 e. The highest BCUT2D eigenvalue weighted by Gasteiger charge is 2.37. The van der Waals surface area contributed by atoms with Gasteiger partial charge in [0.2, 0.25) is 0 Å². The molecule has 0 amide bonds. The summed E-state index contributed by atoms with van der Waals surface area (Å²) >= 11 is 0. The van der Waals surface area contributed by atoms with Crippen LogP contribution in [0.3, 0.4) is 0 Å². The Hall–Kier alpha value is -1.37. The summed E-state index contributed by atoms with van der Waals surface area (Å²) < 4.78 is 5.86. The molecule has 0 saturated heterocycles. The highest BCUT2D eigenvalue weighted by molar-refractivity contribution is 5.41. The van der Waals surface area contributed by atoms with E-state index in [4.69, 9.17) is 4.74 Å². The molecule has 0 aliphatic carbocycles. The number of ether oxygens (including phenoxy) is 1. The Kier molecular flexibility index (Phi) is 3.70. The van der Waals surface area contributed by atoms with Crippen molar-refractivity contribution < 1.29 is 4.74 Å². The van der Waals surface area contributed by atoms with E-state index in [1.165, 1.54) is 11.1 Å². The van der Waals surface area contributed by atoms with Gasteiger partial charge >= 0.3 is 0 Å². The summed E-state index contributed by atoms with van der Waals surface area (Å²) in [5, 5.41) is 9.60. The zero-order valence-electron chi connectivity index (χ0n) is 11.4. The molecule has 1 aliphatic heterocycles. The topological polar surface area (TPSA) is 36.3 Å². The van der Waals surface area contributed by atoms with Crippen molar-refractivity contribution in [1.82, 2.24) is 4.90 Å². The monoisotopic (exact) mass is 244 g/mol. The second kappa shape index (κ2) is 5.09. The van der Waals surface area contributed by atoms with Gasteiger partial charge in [-0.25, -0.2) is 0 Å². The average molecular weight is 244 g/mol. The molecule has 1 heterocycles. The molecular formula is C15H20N2O. The van der Waals surface area contributed by atoms with Crippen molar-refractivity contribution in [3.8, 4) is 6.07 Å². The van der Waals surface area contributed by atoms with Crippen molar-refractivity contribution in [3.05, 3.63) is 34.9 Å². The van der Waals surface area contributed by atoms with E-state index < -0.39 is 5.60 Å². The van der Waals surface area contributed by atoms with Crippen molar-refractivity contribution in [3.63, 3.8) is 0 Å². The standard InChI is InChI=1S/C15H20N2O/c1-12-4-5-13-6-9-18-15(11-16,14(13)10-12)7-8-17(2)3/h4-5,10H,6-9H2,1-3H3. The fourth-order valence-corrected chi connectivity index (χ4v) is 2.43. The second-order valence-electron chi connectivity index (χ2n) is 5.25. The Morgan fingerprint density at radius 1 is 1.44 bits per heavy atom. The lowest BCUT2D eigenvalue weighted by atomic mass is 9.84. The van der Waals surface area contributed by atoms with Crippen LogP contribution in [0.2, 0.25) is 0 Å². The summed E-state index contributed by atoms with van der Waals surface area (Å²) in [6, 6.07) is 8.76. The van der Waals surface area contributed by atoms with Crippen molar-refractivity contribution in [1.29, 1.82) is 5.26 Å². The maximum absolute atomic E-state index is 9.60. The van der Waals surface area contributed by atoms with Crippen LogP contribution < -0.4 is 0 Å². The van der Waals surface area contributed by atoms with E-state index in [0.29, 0.717) is 13.0 Å². The van der Waals surface area contributed by atoms with Crippen LogP contribution in [0, 0.1) is 18.3 Å². The molecule has 18 heavy (non-hydrogen) atoms. The molecule has 0 saturated carbocycles. The lowest BCUT2D eigenvalue weighted by Crippen LogP contribution is -2.37. The minimum Gasteiger partial charge on any atom is -0.355 e. The molecule has 1 unspecified atom stereocenters. The van der Waals surface area contributed by atoms with E-state index in [9.17, 15) is 5.26 Å². The molecule has 0 spiro atoms. The molecule has 0 N–H and O–H groups in total. The molecule has 96 valence electrons. The van der Waals surface area contributed by atoms with Gasteiger partial charge in [-0.05, 0) is 33.0 Å². The van der Waals surface area contributed by atoms with Crippen LogP contribution >= 0.6 is 0 Å². The molecule has 0 radical (unpaired) electrons. The zero-order valence-corrected chi connectivity index (χ0v) is 11.4. The Bertz CT molecular complexity index is 476. The molecule has 3 heteroatoms. The lowest BCUT2D eigenvalue weighted by Gasteiger charge is -2.34. The van der Waals surface area contributed by atoms with Gasteiger partial charge in [0, 0.05) is 18.5 Å². The average Bonchev–Trinajstić information content (AvgIpc) is 2.36. The lowest BCUT2D eigenvalue weighted by molar-refractivity contribution is -0.0260. The highest BCUT2D eigenvalue weighted by Crippen LogP contribution is 2.36. The maximum atomic E-state index is 9.60. The first-order chi connectivity index (χ1) is 8.57. The summed E-state index contributed by atoms with van der Waals surface area (Å²) in [6.07, 6.45) is 1.62. The molecule has 0 aromatic heterocycles. The number of hydrogen-bond donors (Lipinski definition) is 0. The SMILES string of the molecule is Cc1ccc2c(c1)C(C#N)(CCN(C)C)OCC2. The van der Waals surface area contributed by atoms with E-state index in [1.807, 2.05) is 14.1 Å². The zero-order chi connectivity index (χ0) is 13.2. The van der Waals surface area contributed by atoms with Crippen LogP contribution in [0.1, 0.15) is 23.1 Å². The number of aryl methyl sites for hydroxylation is 1. The summed E-state index contributed by atoms with van der Waals surface area (Å²) in [5.41, 5.74) is 2.75. The highest BCUT2D eigenvalue weighted by atomic mass is 16.5. The second-order valence-corrected chi connectivity index (χ2v) is 5.25. The fraction of sp³-hybridized carbons (Fsp3) is 0.533. The number of hydrogen-bond acceptors (Lipinski definition) is 3. The number of fused-ring (bicyclic) bond motifs is 1. The van der Waals surface area contributed by atoms with Crippen LogP contribution in [0.5, 0.6) is 0 Å². The van der Waals surface area contributed by atoms with E-state index in [0.717, 1.165) is 18.5 Å². The van der Waals surface area contributed by atoms with Gasteiger partial charge in [0.1, 0.15) is 6.07 Å². The Morgan fingerprint density at radius 3 is 2.89 bits per heavy atom. The van der Waals surface area contributed by atoms with E-state index in [2.05, 4.69) is 36.1 Å². The Morgan fingerprint density at radius 2 is 2.22 bits per heavy atom. The first-order valence-electron chi connectivity index (χ1n) is 6.37. The number of nitriles is 1. The van der Waals surface area contributed by atoms with Gasteiger partial charge in [0.25, 0.3) is 0 Å². The van der Waals surface area contributed by atoms with Gasteiger partial charge in [-0.2, -0.15) is 5.26 Å². The van der Waals surface area contributed by atoms with Gasteiger partial charge in [0.15, 0.2) is 5.60 Å². The molecular weight excluding hydrogens is 224 g/mol. The number of rotatable bonds is 3. The van der Waals surface area contributed by atoms with Crippen LogP contribution in [0.25, 0.3) is 0 Å². The van der Waals surface area contributed by atoms with Crippen LogP contribution in [0.15, 0.2) is 18.2 Å². The Labute approximate surface area is 109 Å². The minimum atomic E-state index is -0.760. The van der Waals surface area contributed by atoms with Gasteiger partial charge in [-0.3, -0.25) is 0 Å². The third kappa shape index (κ3) is 2.40. The van der Waals surface area contributed by atoms with E-state index >= 15 is 0 Å². The predicted molar refractivity (Wildman–Crippen MR) is 71.3 cm³/mol. The van der Waals surface area contributed by atoms with Gasteiger partial charge in [-0.15, -0.1) is 0 Å². The van der Waals surface area contributed by atoms with Gasteiger partial charge in [-0.1, -0.05) is 23.8 Å². The summed E-state index contributed by atoms with van der Waals surface area (Å²) in [7, 11) is 4.04. The predicted octanol–water partition coefficient (Wildman–Crippen LogP) is 2.24. The summed E-state index contributed by atoms with van der Waals surface area (Å²) in [5.74, 6) is 0. The first kappa shape index (κ1) is 13.1. The minimum absolute atomic E-state index is 0.636. The molecule has 0 fully saturated rings. The molecule has 0 bridgehead atoms. The van der Waals surface area contributed by atoms with Crippen molar-refractivity contribution in [2.24, 2.45) is 0 Å². The van der Waals surface area contributed by atoms with Crippen molar-refractivity contribution >= 4 is 0 Å². The summed E-state index contributed by atoms with van der Waals surface area (Å²) in [6.45, 7) is 3.54. The third-order valence-electron chi connectivity index (χ3n) is 3.51. The molecule has 2 rings (SSSR count). The molecule has 1 aromatic rings. The molecule has 3 nitrogen and oxygen atoms in total. The van der Waals surface area contributed by atoms with Crippen LogP contribution in [-0.4, -0.2) is 32.1 Å². The van der Waals surface area contributed by atoms with E-state index in [1.54, 1.807) is 0 Å². The maximum Gasteiger partial charge on any atom is 0.181 e. The molecule has 1 aliphatic rings. The van der Waals surface area contributed by atoms with Crippen LogP contribution in [0.4, 0.5) is 0 Å². The number of nitrogens with zero attached hydrogens (tertiary/aromatic N) is 2. The smallest absolute Gasteiger partial charge is 0.181 e. The Balaban J connectivity index is 2.39. The van der Waals surface area contributed by atoms with E-state index in [-0.39, 0.29) is 0 Å². The number of benzene rings is 1. The first-order valence-corrected chi connectivity index (χ1v) is 6.37. The molecule has 1 atom stereocenters. The van der Waals surface area contributed by atoms with Gasteiger partial charge < -0.3 is 9.64 Å². The third-order valence-corrected chi connectivity index (χ3v) is 3.51. The fourth-order valence-electron chi connectivity index (χ4n) is 2.43. The van der Waals surface area contributed by atoms with Crippen molar-refractivity contribution in [2.75, 3.05) is 27.2 Å². The molecule has 1 aromatic carbocycles. The normalized spacial score (nSPS) is 22.6. The van der Waals surface area contributed by atoms with Crippen LogP contribution in [-0.2, 0) is 16.8 Å². The quantitative estimate of drug-likeness (QED) is 0.818. The van der Waals surface area contributed by atoms with Crippen molar-refractivity contribution in [2.45, 2.75) is 25.4 Å². The summed E-state index contributed by atoms with van der Waals surface area (Å²) in [4.78, 5) is 2.09. The van der Waals surface area contributed by atoms with Gasteiger partial charge in [0.05, 0.1) is 6.61 Å².